The summed E-state index contributed by atoms with van der Waals surface area (Å²) in [5, 5.41) is 3.25. The highest BCUT2D eigenvalue weighted by atomic mass is 16.2. The van der Waals surface area contributed by atoms with Crippen molar-refractivity contribution in [2.24, 2.45) is 5.92 Å². The Kier molecular flexibility index (Phi) is 4.81. The molecule has 1 aliphatic heterocycles. The van der Waals surface area contributed by atoms with Gasteiger partial charge in [-0.15, -0.1) is 0 Å². The standard InChI is InChI=1S/C19H26N2O/c1-15-7-5-6-10-18(15)20-19(22)21-13-11-17(12-14-21)16-8-3-2-4-9-16/h2-4,8-9,11,15,18H,5-7,10,12-14H2,1H3,(H,20,22). The third-order valence-corrected chi connectivity index (χ3v) is 5.06. The Bertz CT molecular complexity index is 538. The minimum absolute atomic E-state index is 0.113. The zero-order valence-corrected chi connectivity index (χ0v) is 13.4. The Balaban J connectivity index is 1.56. The average molecular weight is 298 g/mol. The van der Waals surface area contributed by atoms with Crippen LogP contribution < -0.4 is 5.32 Å². The predicted molar refractivity (Wildman–Crippen MR) is 90.6 cm³/mol. The lowest BCUT2D eigenvalue weighted by Gasteiger charge is -2.33. The number of rotatable bonds is 2. The summed E-state index contributed by atoms with van der Waals surface area (Å²) in [4.78, 5) is 14.4. The summed E-state index contributed by atoms with van der Waals surface area (Å²) in [5.74, 6) is 0.609. The molecular weight excluding hydrogens is 272 g/mol. The maximum atomic E-state index is 12.4. The van der Waals surface area contributed by atoms with Crippen LogP contribution in [0.3, 0.4) is 0 Å². The number of amides is 2. The Morgan fingerprint density at radius 3 is 2.64 bits per heavy atom. The van der Waals surface area contributed by atoms with E-state index < -0.39 is 0 Å². The van der Waals surface area contributed by atoms with Gasteiger partial charge < -0.3 is 10.2 Å². The lowest BCUT2D eigenvalue weighted by Crippen LogP contribution is -2.49. The van der Waals surface area contributed by atoms with Gasteiger partial charge in [-0.1, -0.05) is 56.2 Å². The van der Waals surface area contributed by atoms with Gasteiger partial charge in [-0.25, -0.2) is 4.79 Å². The van der Waals surface area contributed by atoms with Crippen LogP contribution >= 0.6 is 0 Å². The van der Waals surface area contributed by atoms with Crippen LogP contribution in [0.25, 0.3) is 5.57 Å². The Labute approximate surface area is 133 Å². The molecule has 3 heteroatoms. The van der Waals surface area contributed by atoms with Gasteiger partial charge in [0.1, 0.15) is 0 Å². The number of carbonyl (C=O) groups excluding carboxylic acids is 1. The van der Waals surface area contributed by atoms with E-state index in [0.29, 0.717) is 12.0 Å². The van der Waals surface area contributed by atoms with Crippen LogP contribution in [-0.4, -0.2) is 30.1 Å². The lowest BCUT2D eigenvalue weighted by atomic mass is 9.86. The molecule has 3 rings (SSSR count). The second-order valence-corrected chi connectivity index (χ2v) is 6.61. The molecule has 2 amide bonds. The van der Waals surface area contributed by atoms with Crippen molar-refractivity contribution in [1.29, 1.82) is 0 Å². The van der Waals surface area contributed by atoms with Crippen molar-refractivity contribution >= 4 is 11.6 Å². The van der Waals surface area contributed by atoms with Crippen molar-refractivity contribution in [3.63, 3.8) is 0 Å². The van der Waals surface area contributed by atoms with Gasteiger partial charge >= 0.3 is 6.03 Å². The van der Waals surface area contributed by atoms with Gasteiger partial charge in [-0.05, 0) is 36.3 Å². The Morgan fingerprint density at radius 2 is 1.95 bits per heavy atom. The van der Waals surface area contributed by atoms with Crippen molar-refractivity contribution in [2.45, 2.75) is 45.1 Å². The summed E-state index contributed by atoms with van der Waals surface area (Å²) in [6.07, 6.45) is 8.06. The van der Waals surface area contributed by atoms with E-state index in [1.807, 2.05) is 11.0 Å². The molecule has 2 atom stereocenters. The lowest BCUT2D eigenvalue weighted by molar-refractivity contribution is 0.187. The summed E-state index contributed by atoms with van der Waals surface area (Å²) in [6.45, 7) is 3.79. The van der Waals surface area contributed by atoms with E-state index in [0.717, 1.165) is 25.9 Å². The van der Waals surface area contributed by atoms with Crippen molar-refractivity contribution in [2.75, 3.05) is 13.1 Å². The molecule has 0 saturated heterocycles. The van der Waals surface area contributed by atoms with Crippen molar-refractivity contribution in [3.05, 3.63) is 42.0 Å². The van der Waals surface area contributed by atoms with E-state index in [9.17, 15) is 4.79 Å². The first-order chi connectivity index (χ1) is 10.7. The highest BCUT2D eigenvalue weighted by Crippen LogP contribution is 2.25. The Hall–Kier alpha value is -1.77. The normalized spacial score (nSPS) is 25.5. The summed E-state index contributed by atoms with van der Waals surface area (Å²) >= 11 is 0. The van der Waals surface area contributed by atoms with E-state index in [4.69, 9.17) is 0 Å². The molecule has 2 aliphatic rings. The highest BCUT2D eigenvalue weighted by molar-refractivity contribution is 5.77. The molecule has 0 spiro atoms. The Morgan fingerprint density at radius 1 is 1.18 bits per heavy atom. The average Bonchev–Trinajstić information content (AvgIpc) is 2.58. The topological polar surface area (TPSA) is 32.3 Å². The van der Waals surface area contributed by atoms with Crippen LogP contribution in [0.5, 0.6) is 0 Å². The molecule has 1 aliphatic carbocycles. The fourth-order valence-electron chi connectivity index (χ4n) is 3.55. The van der Waals surface area contributed by atoms with Crippen LogP contribution in [0.2, 0.25) is 0 Å². The number of nitrogens with one attached hydrogen (secondary N) is 1. The number of benzene rings is 1. The number of hydrogen-bond acceptors (Lipinski definition) is 1. The van der Waals surface area contributed by atoms with Crippen molar-refractivity contribution in [1.82, 2.24) is 10.2 Å². The van der Waals surface area contributed by atoms with Crippen LogP contribution in [-0.2, 0) is 0 Å². The van der Waals surface area contributed by atoms with E-state index in [1.54, 1.807) is 0 Å². The molecule has 1 heterocycles. The maximum Gasteiger partial charge on any atom is 0.317 e. The SMILES string of the molecule is CC1CCCCC1NC(=O)N1CC=C(c2ccccc2)CC1. The second kappa shape index (κ2) is 6.99. The minimum Gasteiger partial charge on any atom is -0.335 e. The maximum absolute atomic E-state index is 12.4. The third kappa shape index (κ3) is 3.52. The molecule has 1 aromatic carbocycles. The molecule has 2 unspecified atom stereocenters. The van der Waals surface area contributed by atoms with Gasteiger partial charge in [0.2, 0.25) is 0 Å². The fourth-order valence-corrected chi connectivity index (χ4v) is 3.55. The quantitative estimate of drug-likeness (QED) is 0.877. The highest BCUT2D eigenvalue weighted by Gasteiger charge is 2.25. The molecule has 1 fully saturated rings. The van der Waals surface area contributed by atoms with Gasteiger partial charge in [-0.3, -0.25) is 0 Å². The molecule has 0 aromatic heterocycles. The summed E-state index contributed by atoms with van der Waals surface area (Å²) in [5.41, 5.74) is 2.64. The van der Waals surface area contributed by atoms with E-state index in [2.05, 4.69) is 42.6 Å². The second-order valence-electron chi connectivity index (χ2n) is 6.61. The first-order valence-corrected chi connectivity index (χ1v) is 8.54. The number of carbonyl (C=O) groups is 1. The molecule has 3 nitrogen and oxygen atoms in total. The van der Waals surface area contributed by atoms with E-state index >= 15 is 0 Å². The first kappa shape index (κ1) is 15.1. The van der Waals surface area contributed by atoms with E-state index in [1.165, 1.54) is 30.4 Å². The van der Waals surface area contributed by atoms with Gasteiger partial charge in [-0.2, -0.15) is 0 Å². The van der Waals surface area contributed by atoms with Gasteiger partial charge in [0, 0.05) is 19.1 Å². The van der Waals surface area contributed by atoms with Crippen molar-refractivity contribution in [3.8, 4) is 0 Å². The zero-order chi connectivity index (χ0) is 15.4. The van der Waals surface area contributed by atoms with Gasteiger partial charge in [0.25, 0.3) is 0 Å². The number of nitrogens with zero attached hydrogens (tertiary/aromatic N) is 1. The zero-order valence-electron chi connectivity index (χ0n) is 13.4. The molecule has 1 aromatic rings. The molecular formula is C19H26N2O. The van der Waals surface area contributed by atoms with E-state index in [-0.39, 0.29) is 6.03 Å². The molecule has 0 radical (unpaired) electrons. The van der Waals surface area contributed by atoms with Crippen molar-refractivity contribution < 1.29 is 4.79 Å². The minimum atomic E-state index is 0.113. The summed E-state index contributed by atoms with van der Waals surface area (Å²) < 4.78 is 0. The van der Waals surface area contributed by atoms with Gasteiger partial charge in [0.15, 0.2) is 0 Å². The smallest absolute Gasteiger partial charge is 0.317 e. The summed E-state index contributed by atoms with van der Waals surface area (Å²) in [7, 11) is 0. The third-order valence-electron chi connectivity index (χ3n) is 5.06. The van der Waals surface area contributed by atoms with Crippen LogP contribution in [0.1, 0.15) is 44.6 Å². The molecule has 1 saturated carbocycles. The summed E-state index contributed by atoms with van der Waals surface area (Å²) in [6, 6.07) is 10.9. The van der Waals surface area contributed by atoms with Crippen LogP contribution in [0, 0.1) is 5.92 Å². The van der Waals surface area contributed by atoms with Crippen LogP contribution in [0.15, 0.2) is 36.4 Å². The fraction of sp³-hybridized carbons (Fsp3) is 0.526. The molecule has 1 N–H and O–H groups in total. The molecule has 0 bridgehead atoms. The molecule has 22 heavy (non-hydrogen) atoms. The number of urea groups is 1. The first-order valence-electron chi connectivity index (χ1n) is 8.54. The molecule has 118 valence electrons. The van der Waals surface area contributed by atoms with Gasteiger partial charge in [0.05, 0.1) is 0 Å². The monoisotopic (exact) mass is 298 g/mol. The predicted octanol–water partition coefficient (Wildman–Crippen LogP) is 4.06. The largest absolute Gasteiger partial charge is 0.335 e. The number of hydrogen-bond donors (Lipinski definition) is 1. The van der Waals surface area contributed by atoms with Crippen LogP contribution in [0.4, 0.5) is 4.79 Å².